The SMILES string of the molecule is C#CCNc1ccc(S(=O)(=O)NC(C)C(N)=O)cc1. The Labute approximate surface area is 112 Å². The van der Waals surface area contributed by atoms with Crippen LogP contribution < -0.4 is 15.8 Å². The first-order chi connectivity index (χ1) is 8.86. The normalized spacial score (nSPS) is 12.4. The molecule has 6 nitrogen and oxygen atoms in total. The maximum absolute atomic E-state index is 11.9. The number of hydrogen-bond donors (Lipinski definition) is 3. The summed E-state index contributed by atoms with van der Waals surface area (Å²) >= 11 is 0. The molecule has 1 aromatic carbocycles. The monoisotopic (exact) mass is 281 g/mol. The van der Waals surface area contributed by atoms with Gasteiger partial charge in [0, 0.05) is 5.69 Å². The summed E-state index contributed by atoms with van der Waals surface area (Å²) in [5, 5.41) is 2.91. The summed E-state index contributed by atoms with van der Waals surface area (Å²) in [4.78, 5) is 10.9. The molecule has 1 rings (SSSR count). The molecule has 0 aliphatic carbocycles. The minimum atomic E-state index is -3.76. The number of sulfonamides is 1. The summed E-state index contributed by atoms with van der Waals surface area (Å²) in [6, 6.07) is 5.02. The topological polar surface area (TPSA) is 101 Å². The molecule has 0 radical (unpaired) electrons. The number of rotatable bonds is 6. The predicted octanol–water partition coefficient (Wildman–Crippen LogP) is -0.116. The smallest absolute Gasteiger partial charge is 0.241 e. The van der Waals surface area contributed by atoms with Crippen LogP contribution in [0.1, 0.15) is 6.92 Å². The molecule has 0 saturated carbocycles. The Morgan fingerprint density at radius 1 is 1.42 bits per heavy atom. The van der Waals surface area contributed by atoms with Crippen LogP contribution in [0.2, 0.25) is 0 Å². The van der Waals surface area contributed by atoms with E-state index in [-0.39, 0.29) is 4.90 Å². The third-order valence-corrected chi connectivity index (χ3v) is 3.87. The van der Waals surface area contributed by atoms with E-state index in [9.17, 15) is 13.2 Å². The highest BCUT2D eigenvalue weighted by atomic mass is 32.2. The van der Waals surface area contributed by atoms with Crippen molar-refractivity contribution in [3.05, 3.63) is 24.3 Å². The minimum absolute atomic E-state index is 0.0480. The maximum Gasteiger partial charge on any atom is 0.241 e. The Kier molecular flexibility index (Phi) is 4.92. The van der Waals surface area contributed by atoms with Gasteiger partial charge in [-0.05, 0) is 31.2 Å². The molecular formula is C12H15N3O3S. The van der Waals surface area contributed by atoms with E-state index in [0.29, 0.717) is 12.2 Å². The molecule has 0 aliphatic heterocycles. The molecule has 1 unspecified atom stereocenters. The van der Waals surface area contributed by atoms with Gasteiger partial charge in [-0.2, -0.15) is 4.72 Å². The summed E-state index contributed by atoms with van der Waals surface area (Å²) in [6.07, 6.45) is 5.10. The predicted molar refractivity (Wildman–Crippen MR) is 72.7 cm³/mol. The van der Waals surface area contributed by atoms with Crippen LogP contribution in [0.3, 0.4) is 0 Å². The van der Waals surface area contributed by atoms with Crippen molar-refractivity contribution in [3.8, 4) is 12.3 Å². The average molecular weight is 281 g/mol. The molecule has 1 amide bonds. The molecule has 0 fully saturated rings. The summed E-state index contributed by atoms with van der Waals surface area (Å²) < 4.78 is 26.0. The van der Waals surface area contributed by atoms with Crippen LogP contribution >= 0.6 is 0 Å². The van der Waals surface area contributed by atoms with Crippen LogP contribution in [-0.4, -0.2) is 26.9 Å². The Hall–Kier alpha value is -2.04. The largest absolute Gasteiger partial charge is 0.374 e. The van der Waals surface area contributed by atoms with Crippen molar-refractivity contribution in [2.75, 3.05) is 11.9 Å². The van der Waals surface area contributed by atoms with Gasteiger partial charge in [-0.25, -0.2) is 8.42 Å². The molecule has 7 heteroatoms. The van der Waals surface area contributed by atoms with Crippen molar-refractivity contribution >= 4 is 21.6 Å². The molecule has 1 aromatic rings. The Morgan fingerprint density at radius 3 is 2.47 bits per heavy atom. The molecule has 19 heavy (non-hydrogen) atoms. The molecule has 4 N–H and O–H groups in total. The molecule has 0 spiro atoms. The van der Waals surface area contributed by atoms with Crippen LogP contribution in [-0.2, 0) is 14.8 Å². The van der Waals surface area contributed by atoms with Gasteiger partial charge in [-0.15, -0.1) is 6.42 Å². The van der Waals surface area contributed by atoms with Crippen LogP contribution in [0.4, 0.5) is 5.69 Å². The lowest BCUT2D eigenvalue weighted by atomic mass is 10.3. The van der Waals surface area contributed by atoms with Gasteiger partial charge < -0.3 is 11.1 Å². The Balaban J connectivity index is 2.85. The molecule has 0 aliphatic rings. The van der Waals surface area contributed by atoms with Gasteiger partial charge in [0.2, 0.25) is 15.9 Å². The van der Waals surface area contributed by atoms with Crippen molar-refractivity contribution in [1.29, 1.82) is 0 Å². The van der Waals surface area contributed by atoms with Gasteiger partial charge in [0.25, 0.3) is 0 Å². The fourth-order valence-electron chi connectivity index (χ4n) is 1.26. The van der Waals surface area contributed by atoms with Gasteiger partial charge in [-0.1, -0.05) is 5.92 Å². The zero-order valence-corrected chi connectivity index (χ0v) is 11.2. The van der Waals surface area contributed by atoms with Crippen molar-refractivity contribution in [3.63, 3.8) is 0 Å². The number of primary amides is 1. The van der Waals surface area contributed by atoms with E-state index in [1.807, 2.05) is 0 Å². The maximum atomic E-state index is 11.9. The molecule has 0 heterocycles. The summed E-state index contributed by atoms with van der Waals surface area (Å²) in [5.74, 6) is 1.67. The second-order valence-corrected chi connectivity index (χ2v) is 5.54. The van der Waals surface area contributed by atoms with Crippen molar-refractivity contribution in [1.82, 2.24) is 4.72 Å². The first-order valence-electron chi connectivity index (χ1n) is 5.46. The van der Waals surface area contributed by atoms with Gasteiger partial charge in [-0.3, -0.25) is 4.79 Å². The number of nitrogens with one attached hydrogen (secondary N) is 2. The highest BCUT2D eigenvalue weighted by molar-refractivity contribution is 7.89. The number of amides is 1. The third kappa shape index (κ3) is 4.28. The fourth-order valence-corrected chi connectivity index (χ4v) is 2.48. The molecule has 0 bridgehead atoms. The second kappa shape index (κ2) is 6.22. The summed E-state index contributed by atoms with van der Waals surface area (Å²) in [5.41, 5.74) is 5.71. The summed E-state index contributed by atoms with van der Waals surface area (Å²) in [6.45, 7) is 1.73. The van der Waals surface area contributed by atoms with Crippen molar-refractivity contribution < 1.29 is 13.2 Å². The van der Waals surface area contributed by atoms with Crippen molar-refractivity contribution in [2.24, 2.45) is 5.73 Å². The van der Waals surface area contributed by atoms with E-state index in [0.717, 1.165) is 0 Å². The standard InChI is InChI=1S/C12H15N3O3S/c1-3-8-14-10-4-6-11(7-5-10)19(17,18)15-9(2)12(13)16/h1,4-7,9,14-15H,8H2,2H3,(H2,13,16). The zero-order valence-electron chi connectivity index (χ0n) is 10.4. The van der Waals surface area contributed by atoms with E-state index in [2.05, 4.69) is 16.0 Å². The van der Waals surface area contributed by atoms with Gasteiger partial charge in [0.1, 0.15) is 0 Å². The van der Waals surface area contributed by atoms with Crippen LogP contribution in [0.5, 0.6) is 0 Å². The second-order valence-electron chi connectivity index (χ2n) is 3.83. The number of terminal acetylenes is 1. The Bertz CT molecular complexity index is 588. The number of hydrogen-bond acceptors (Lipinski definition) is 4. The molecule has 102 valence electrons. The quantitative estimate of drug-likeness (QED) is 0.633. The lowest BCUT2D eigenvalue weighted by molar-refractivity contribution is -0.119. The zero-order chi connectivity index (χ0) is 14.5. The fraction of sp³-hybridized carbons (Fsp3) is 0.250. The Morgan fingerprint density at radius 2 is 2.00 bits per heavy atom. The van der Waals surface area contributed by atoms with Gasteiger partial charge in [0.05, 0.1) is 17.5 Å². The minimum Gasteiger partial charge on any atom is -0.374 e. The number of carbonyl (C=O) groups is 1. The average Bonchev–Trinajstić information content (AvgIpc) is 2.36. The third-order valence-electron chi connectivity index (χ3n) is 2.32. The highest BCUT2D eigenvalue weighted by Crippen LogP contribution is 2.14. The first-order valence-corrected chi connectivity index (χ1v) is 6.94. The highest BCUT2D eigenvalue weighted by Gasteiger charge is 2.19. The van der Waals surface area contributed by atoms with E-state index >= 15 is 0 Å². The van der Waals surface area contributed by atoms with E-state index in [1.165, 1.54) is 19.1 Å². The molecule has 1 atom stereocenters. The first kappa shape index (κ1) is 15.0. The van der Waals surface area contributed by atoms with Gasteiger partial charge >= 0.3 is 0 Å². The van der Waals surface area contributed by atoms with Crippen LogP contribution in [0.15, 0.2) is 29.2 Å². The molecule has 0 aromatic heterocycles. The number of benzene rings is 1. The molecular weight excluding hydrogens is 266 g/mol. The van der Waals surface area contributed by atoms with Crippen LogP contribution in [0, 0.1) is 12.3 Å². The lowest BCUT2D eigenvalue weighted by Gasteiger charge is -2.11. The van der Waals surface area contributed by atoms with E-state index < -0.39 is 22.0 Å². The lowest BCUT2D eigenvalue weighted by Crippen LogP contribution is -2.42. The summed E-state index contributed by atoms with van der Waals surface area (Å²) in [7, 11) is -3.76. The number of anilines is 1. The number of nitrogens with two attached hydrogens (primary N) is 1. The van der Waals surface area contributed by atoms with Crippen LogP contribution in [0.25, 0.3) is 0 Å². The van der Waals surface area contributed by atoms with Crippen molar-refractivity contribution in [2.45, 2.75) is 17.9 Å². The number of carbonyl (C=O) groups excluding carboxylic acids is 1. The van der Waals surface area contributed by atoms with E-state index in [1.54, 1.807) is 12.1 Å². The van der Waals surface area contributed by atoms with Gasteiger partial charge in [0.15, 0.2) is 0 Å². The molecule has 0 saturated heterocycles. The van der Waals surface area contributed by atoms with E-state index in [4.69, 9.17) is 12.2 Å².